The summed E-state index contributed by atoms with van der Waals surface area (Å²) < 4.78 is 0.916. The number of aromatic hydroxyl groups is 1. The van der Waals surface area contributed by atoms with Crippen molar-refractivity contribution in [2.75, 3.05) is 0 Å². The van der Waals surface area contributed by atoms with Crippen LogP contribution in [-0.4, -0.2) is 10.2 Å². The maximum Gasteiger partial charge on any atom is 0.133 e. The van der Waals surface area contributed by atoms with Crippen LogP contribution in [0.2, 0.25) is 0 Å². The predicted octanol–water partition coefficient (Wildman–Crippen LogP) is 2.66. The van der Waals surface area contributed by atoms with E-state index < -0.39 is 0 Å². The Labute approximate surface area is 86.4 Å². The van der Waals surface area contributed by atoms with Gasteiger partial charge in [-0.15, -0.1) is 11.3 Å². The van der Waals surface area contributed by atoms with Crippen molar-refractivity contribution in [2.24, 2.45) is 0 Å². The highest BCUT2D eigenvalue weighted by Crippen LogP contribution is 2.35. The molecule has 3 heteroatoms. The summed E-state index contributed by atoms with van der Waals surface area (Å²) in [6.45, 7) is 2.05. The third-order valence-electron chi connectivity index (χ3n) is 2.45. The van der Waals surface area contributed by atoms with E-state index in [2.05, 4.69) is 6.92 Å². The fourth-order valence-electron chi connectivity index (χ4n) is 1.79. The molecule has 1 aromatic carbocycles. The lowest BCUT2D eigenvalue weighted by molar-refractivity contribution is 0.280. The molecule has 2 nitrogen and oxygen atoms in total. The summed E-state index contributed by atoms with van der Waals surface area (Å²) in [5, 5.41) is 21.9. The van der Waals surface area contributed by atoms with Crippen LogP contribution in [0.15, 0.2) is 17.5 Å². The molecule has 74 valence electrons. The van der Waals surface area contributed by atoms with Gasteiger partial charge in [0.15, 0.2) is 0 Å². The van der Waals surface area contributed by atoms with Gasteiger partial charge in [-0.1, -0.05) is 6.92 Å². The Kier molecular flexibility index (Phi) is 2.44. The number of aliphatic hydroxyl groups is 1. The zero-order valence-corrected chi connectivity index (χ0v) is 8.77. The van der Waals surface area contributed by atoms with Crippen molar-refractivity contribution in [3.05, 3.63) is 28.6 Å². The van der Waals surface area contributed by atoms with Crippen LogP contribution < -0.4 is 0 Å². The average molecular weight is 208 g/mol. The molecule has 2 N–H and O–H groups in total. The summed E-state index contributed by atoms with van der Waals surface area (Å²) in [7, 11) is 0. The first-order valence-corrected chi connectivity index (χ1v) is 5.47. The second-order valence-electron chi connectivity index (χ2n) is 3.21. The summed E-state index contributed by atoms with van der Waals surface area (Å²) in [5.41, 5.74) is 1.97. The molecule has 0 unspecified atom stereocenters. The quantitative estimate of drug-likeness (QED) is 0.796. The number of rotatable bonds is 2. The molecule has 0 atom stereocenters. The maximum absolute atomic E-state index is 9.69. The first-order valence-electron chi connectivity index (χ1n) is 4.59. The molecular weight excluding hydrogens is 196 g/mol. The summed E-state index contributed by atoms with van der Waals surface area (Å²) in [5.74, 6) is 0.274. The van der Waals surface area contributed by atoms with Crippen LogP contribution in [0.5, 0.6) is 5.75 Å². The summed E-state index contributed by atoms with van der Waals surface area (Å²) in [6, 6.07) is 3.66. The van der Waals surface area contributed by atoms with E-state index in [1.807, 2.05) is 11.4 Å². The first-order chi connectivity index (χ1) is 6.77. The molecule has 0 saturated carbocycles. The van der Waals surface area contributed by atoms with Gasteiger partial charge in [-0.3, -0.25) is 0 Å². The first kappa shape index (κ1) is 9.49. The molecule has 0 aliphatic rings. The van der Waals surface area contributed by atoms with Crippen molar-refractivity contribution < 1.29 is 10.2 Å². The summed E-state index contributed by atoms with van der Waals surface area (Å²) >= 11 is 1.53. The summed E-state index contributed by atoms with van der Waals surface area (Å²) in [6.07, 6.45) is 0.878. The second kappa shape index (κ2) is 3.59. The smallest absolute Gasteiger partial charge is 0.133 e. The van der Waals surface area contributed by atoms with Gasteiger partial charge in [-0.25, -0.2) is 0 Å². The third-order valence-corrected chi connectivity index (χ3v) is 3.38. The van der Waals surface area contributed by atoms with Crippen molar-refractivity contribution in [1.29, 1.82) is 0 Å². The Morgan fingerprint density at radius 1 is 1.43 bits per heavy atom. The van der Waals surface area contributed by atoms with Crippen LogP contribution in [-0.2, 0) is 13.0 Å². The molecule has 0 aliphatic carbocycles. The second-order valence-corrected chi connectivity index (χ2v) is 4.12. The fraction of sp³-hybridized carbons (Fsp3) is 0.273. The highest BCUT2D eigenvalue weighted by molar-refractivity contribution is 7.17. The zero-order chi connectivity index (χ0) is 10.1. The SMILES string of the molecule is CCc1c(CO)cc(O)c2sccc12. The Balaban J connectivity index is 2.82. The molecule has 0 bridgehead atoms. The number of aliphatic hydroxyl groups excluding tert-OH is 1. The van der Waals surface area contributed by atoms with Crippen molar-refractivity contribution in [1.82, 2.24) is 0 Å². The number of hydrogen-bond donors (Lipinski definition) is 2. The Morgan fingerprint density at radius 3 is 2.86 bits per heavy atom. The number of hydrogen-bond acceptors (Lipinski definition) is 3. The van der Waals surface area contributed by atoms with E-state index in [1.54, 1.807) is 6.07 Å². The standard InChI is InChI=1S/C11H12O2S/c1-2-8-7(6-12)5-10(13)11-9(8)3-4-14-11/h3-5,12-13H,2,6H2,1H3. The van der Waals surface area contributed by atoms with E-state index in [0.717, 1.165) is 27.6 Å². The lowest BCUT2D eigenvalue weighted by atomic mass is 10.0. The molecule has 1 aromatic heterocycles. The lowest BCUT2D eigenvalue weighted by Crippen LogP contribution is -1.92. The maximum atomic E-state index is 9.69. The molecule has 0 saturated heterocycles. The van der Waals surface area contributed by atoms with Crippen molar-refractivity contribution in [3.63, 3.8) is 0 Å². The van der Waals surface area contributed by atoms with Crippen molar-refractivity contribution in [2.45, 2.75) is 20.0 Å². The normalized spacial score (nSPS) is 11.0. The van der Waals surface area contributed by atoms with E-state index in [9.17, 15) is 5.11 Å². The highest BCUT2D eigenvalue weighted by Gasteiger charge is 2.10. The van der Waals surface area contributed by atoms with Crippen LogP contribution in [0.4, 0.5) is 0 Å². The van der Waals surface area contributed by atoms with Gasteiger partial charge in [-0.2, -0.15) is 0 Å². The predicted molar refractivity (Wildman–Crippen MR) is 58.8 cm³/mol. The molecule has 1 heterocycles. The molecule has 14 heavy (non-hydrogen) atoms. The molecule has 0 radical (unpaired) electrons. The van der Waals surface area contributed by atoms with Crippen LogP contribution >= 0.6 is 11.3 Å². The molecule has 0 aliphatic heterocycles. The van der Waals surface area contributed by atoms with Gasteiger partial charge in [0.2, 0.25) is 0 Å². The topological polar surface area (TPSA) is 40.5 Å². The molecular formula is C11H12O2S. The van der Waals surface area contributed by atoms with Gasteiger partial charge in [0, 0.05) is 0 Å². The monoisotopic (exact) mass is 208 g/mol. The number of phenols is 1. The van der Waals surface area contributed by atoms with E-state index in [1.165, 1.54) is 11.3 Å². The van der Waals surface area contributed by atoms with Gasteiger partial charge < -0.3 is 10.2 Å². The van der Waals surface area contributed by atoms with Crippen LogP contribution in [0.25, 0.3) is 10.1 Å². The Morgan fingerprint density at radius 2 is 2.21 bits per heavy atom. The molecule has 2 rings (SSSR count). The van der Waals surface area contributed by atoms with Crippen LogP contribution in [0.3, 0.4) is 0 Å². The van der Waals surface area contributed by atoms with E-state index in [0.29, 0.717) is 0 Å². The van der Waals surface area contributed by atoms with E-state index in [-0.39, 0.29) is 12.4 Å². The third kappa shape index (κ3) is 1.29. The molecule has 2 aromatic rings. The minimum absolute atomic E-state index is 0.0114. The van der Waals surface area contributed by atoms with Crippen LogP contribution in [0, 0.1) is 0 Å². The molecule has 0 amide bonds. The van der Waals surface area contributed by atoms with Crippen molar-refractivity contribution in [3.8, 4) is 5.75 Å². The number of thiophene rings is 1. The number of aryl methyl sites for hydroxylation is 1. The summed E-state index contributed by atoms with van der Waals surface area (Å²) in [4.78, 5) is 0. The van der Waals surface area contributed by atoms with Gasteiger partial charge in [0.05, 0.1) is 11.3 Å². The van der Waals surface area contributed by atoms with Crippen molar-refractivity contribution >= 4 is 21.4 Å². The van der Waals surface area contributed by atoms with Gasteiger partial charge >= 0.3 is 0 Å². The molecule has 0 fully saturated rings. The van der Waals surface area contributed by atoms with E-state index in [4.69, 9.17) is 5.11 Å². The minimum Gasteiger partial charge on any atom is -0.506 e. The van der Waals surface area contributed by atoms with Gasteiger partial charge in [0.25, 0.3) is 0 Å². The number of benzene rings is 1. The van der Waals surface area contributed by atoms with Gasteiger partial charge in [0.1, 0.15) is 5.75 Å². The average Bonchev–Trinajstić information content (AvgIpc) is 2.66. The fourth-order valence-corrected chi connectivity index (χ4v) is 2.63. The van der Waals surface area contributed by atoms with Crippen LogP contribution in [0.1, 0.15) is 18.1 Å². The number of phenolic OH excluding ortho intramolecular Hbond substituents is 1. The largest absolute Gasteiger partial charge is 0.506 e. The van der Waals surface area contributed by atoms with E-state index >= 15 is 0 Å². The zero-order valence-electron chi connectivity index (χ0n) is 7.95. The highest BCUT2D eigenvalue weighted by atomic mass is 32.1. The minimum atomic E-state index is -0.0114. The lowest BCUT2D eigenvalue weighted by Gasteiger charge is -2.08. The Bertz CT molecular complexity index is 460. The Hall–Kier alpha value is -1.06. The molecule has 0 spiro atoms. The number of fused-ring (bicyclic) bond motifs is 1. The van der Waals surface area contributed by atoms with Gasteiger partial charge in [-0.05, 0) is 40.4 Å².